The lowest BCUT2D eigenvalue weighted by atomic mass is 10.0. The Hall–Kier alpha value is -1.87. The van der Waals surface area contributed by atoms with Crippen molar-refractivity contribution in [1.29, 1.82) is 0 Å². The summed E-state index contributed by atoms with van der Waals surface area (Å²) in [5.41, 5.74) is 0.679. The molecule has 0 spiro atoms. The summed E-state index contributed by atoms with van der Waals surface area (Å²) < 4.78 is 14.8. The van der Waals surface area contributed by atoms with E-state index in [0.717, 1.165) is 37.2 Å². The minimum atomic E-state index is -0.884. The third-order valence-electron chi connectivity index (χ3n) is 5.29. The Labute approximate surface area is 195 Å². The molecule has 168 valence electrons. The molecule has 0 saturated heterocycles. The molecule has 1 unspecified atom stereocenters. The minimum absolute atomic E-state index is 0.0277. The van der Waals surface area contributed by atoms with Gasteiger partial charge in [-0.3, -0.25) is 9.59 Å². The molecule has 10 heteroatoms. The van der Waals surface area contributed by atoms with E-state index in [-0.39, 0.29) is 40.2 Å². The summed E-state index contributed by atoms with van der Waals surface area (Å²) in [5, 5.41) is 3.19. The molecule has 1 aliphatic rings. The number of aromatic nitrogens is 1. The van der Waals surface area contributed by atoms with Crippen LogP contribution in [0.2, 0.25) is 9.36 Å². The number of nitrogens with one attached hydrogen (secondary N) is 1. The Morgan fingerprint density at radius 1 is 1.23 bits per heavy atom. The molecule has 0 bridgehead atoms. The number of carbonyl (C=O) groups is 2. The van der Waals surface area contributed by atoms with Crippen LogP contribution in [0.25, 0.3) is 0 Å². The lowest BCUT2D eigenvalue weighted by Crippen LogP contribution is -2.47. The summed E-state index contributed by atoms with van der Waals surface area (Å²) in [6.07, 6.45) is 4.02. The molecule has 1 fully saturated rings. The topological polar surface area (TPSA) is 80.8 Å². The maximum absolute atomic E-state index is 13.4. The first-order valence-electron chi connectivity index (χ1n) is 10.0. The molecule has 31 heavy (non-hydrogen) atoms. The first-order chi connectivity index (χ1) is 15.0. The lowest BCUT2D eigenvalue weighted by Gasteiger charge is -2.31. The van der Waals surface area contributed by atoms with Crippen LogP contribution in [0.5, 0.6) is 5.75 Å². The van der Waals surface area contributed by atoms with E-state index in [1.54, 1.807) is 31.4 Å². The molecular weight excluding hydrogens is 461 g/mol. The van der Waals surface area contributed by atoms with Crippen LogP contribution in [0.3, 0.4) is 0 Å². The largest absolute Gasteiger partial charge is 0.497 e. The first-order valence-corrected chi connectivity index (χ1v) is 11.5. The van der Waals surface area contributed by atoms with Crippen molar-refractivity contribution in [2.45, 2.75) is 37.8 Å². The quantitative estimate of drug-likeness (QED) is 0.570. The van der Waals surface area contributed by atoms with Gasteiger partial charge >= 0.3 is 0 Å². The molecule has 2 aromatic rings. The number of ether oxygens (including phenoxy) is 2. The first kappa shape index (κ1) is 23.8. The SMILES string of the molecule is COCCN(C(=O)c1nsc(Cl)c1Cl)C(C(=O)NC1CCCC1)c1ccc(OC)cc1. The summed E-state index contributed by atoms with van der Waals surface area (Å²) in [6, 6.07) is 6.30. The smallest absolute Gasteiger partial charge is 0.276 e. The van der Waals surface area contributed by atoms with E-state index in [2.05, 4.69) is 9.69 Å². The van der Waals surface area contributed by atoms with E-state index in [4.69, 9.17) is 32.7 Å². The summed E-state index contributed by atoms with van der Waals surface area (Å²) in [4.78, 5) is 28.3. The van der Waals surface area contributed by atoms with Gasteiger partial charge in [0.25, 0.3) is 5.91 Å². The van der Waals surface area contributed by atoms with Gasteiger partial charge in [0.1, 0.15) is 21.2 Å². The Balaban J connectivity index is 1.99. The zero-order valence-electron chi connectivity index (χ0n) is 17.4. The molecule has 1 atom stereocenters. The third kappa shape index (κ3) is 5.68. The highest BCUT2D eigenvalue weighted by Gasteiger charge is 2.35. The van der Waals surface area contributed by atoms with E-state index in [9.17, 15) is 9.59 Å². The fourth-order valence-electron chi connectivity index (χ4n) is 3.67. The summed E-state index contributed by atoms with van der Waals surface area (Å²) in [7, 11) is 3.11. The number of carbonyl (C=O) groups excluding carboxylic acids is 2. The van der Waals surface area contributed by atoms with Crippen LogP contribution < -0.4 is 10.1 Å². The summed E-state index contributed by atoms with van der Waals surface area (Å²) in [6.45, 7) is 0.417. The highest BCUT2D eigenvalue weighted by Crippen LogP contribution is 2.33. The second-order valence-corrected chi connectivity index (χ2v) is 9.03. The minimum Gasteiger partial charge on any atom is -0.497 e. The molecule has 1 heterocycles. The van der Waals surface area contributed by atoms with Crippen molar-refractivity contribution in [1.82, 2.24) is 14.6 Å². The number of halogens is 2. The molecule has 7 nitrogen and oxygen atoms in total. The van der Waals surface area contributed by atoms with Gasteiger partial charge in [-0.2, -0.15) is 4.37 Å². The highest BCUT2D eigenvalue weighted by molar-refractivity contribution is 7.11. The fraction of sp³-hybridized carbons (Fsp3) is 0.476. The Bertz CT molecular complexity index is 901. The highest BCUT2D eigenvalue weighted by atomic mass is 35.5. The molecular formula is C21H25Cl2N3O4S. The molecule has 2 amide bonds. The van der Waals surface area contributed by atoms with E-state index < -0.39 is 11.9 Å². The second kappa shape index (κ2) is 11.1. The van der Waals surface area contributed by atoms with Crippen LogP contribution in [0.4, 0.5) is 0 Å². The molecule has 0 radical (unpaired) electrons. The van der Waals surface area contributed by atoms with Gasteiger partial charge in [0, 0.05) is 19.7 Å². The monoisotopic (exact) mass is 485 g/mol. The van der Waals surface area contributed by atoms with Crippen LogP contribution in [0.15, 0.2) is 24.3 Å². The van der Waals surface area contributed by atoms with Crippen molar-refractivity contribution >= 4 is 46.5 Å². The van der Waals surface area contributed by atoms with E-state index >= 15 is 0 Å². The zero-order chi connectivity index (χ0) is 22.4. The number of rotatable bonds is 9. The van der Waals surface area contributed by atoms with Crippen LogP contribution in [-0.2, 0) is 9.53 Å². The number of hydrogen-bond donors (Lipinski definition) is 1. The number of benzene rings is 1. The van der Waals surface area contributed by atoms with Crippen molar-refractivity contribution in [3.05, 3.63) is 44.9 Å². The number of nitrogens with zero attached hydrogens (tertiary/aromatic N) is 2. The molecule has 1 saturated carbocycles. The molecule has 1 aromatic carbocycles. The van der Waals surface area contributed by atoms with Crippen molar-refractivity contribution in [2.24, 2.45) is 0 Å². The zero-order valence-corrected chi connectivity index (χ0v) is 19.7. The van der Waals surface area contributed by atoms with Crippen LogP contribution >= 0.6 is 34.7 Å². The van der Waals surface area contributed by atoms with Crippen molar-refractivity contribution < 1.29 is 19.1 Å². The molecule has 1 aliphatic carbocycles. The molecule has 1 N–H and O–H groups in total. The lowest BCUT2D eigenvalue weighted by molar-refractivity contribution is -0.126. The van der Waals surface area contributed by atoms with Crippen molar-refractivity contribution in [2.75, 3.05) is 27.4 Å². The molecule has 1 aromatic heterocycles. The number of methoxy groups -OCH3 is 2. The predicted molar refractivity (Wildman–Crippen MR) is 121 cm³/mol. The third-order valence-corrected chi connectivity index (χ3v) is 6.90. The molecule has 0 aliphatic heterocycles. The van der Waals surface area contributed by atoms with Gasteiger partial charge in [0.15, 0.2) is 5.69 Å². The van der Waals surface area contributed by atoms with E-state index in [1.165, 1.54) is 12.0 Å². The maximum atomic E-state index is 13.4. The van der Waals surface area contributed by atoms with Crippen molar-refractivity contribution in [3.8, 4) is 5.75 Å². The Kier molecular flexibility index (Phi) is 8.54. The van der Waals surface area contributed by atoms with Gasteiger partial charge < -0.3 is 19.7 Å². The average molecular weight is 486 g/mol. The van der Waals surface area contributed by atoms with Gasteiger partial charge in [0.2, 0.25) is 5.91 Å². The van der Waals surface area contributed by atoms with Gasteiger partial charge in [-0.15, -0.1) is 0 Å². The van der Waals surface area contributed by atoms with E-state index in [0.29, 0.717) is 11.3 Å². The Morgan fingerprint density at radius 2 is 1.90 bits per heavy atom. The standard InChI is InChI=1S/C21H25Cl2N3O4S/c1-29-12-11-26(21(28)17-16(22)19(23)31-25-17)18(13-7-9-15(30-2)10-8-13)20(27)24-14-5-3-4-6-14/h7-10,14,18H,3-6,11-12H2,1-2H3,(H,24,27). The van der Waals surface area contributed by atoms with Gasteiger partial charge in [-0.1, -0.05) is 48.2 Å². The normalized spacial score (nSPS) is 15.0. The van der Waals surface area contributed by atoms with Crippen LogP contribution in [0.1, 0.15) is 47.8 Å². The fourth-order valence-corrected chi connectivity index (χ4v) is 4.66. The Morgan fingerprint density at radius 3 is 2.45 bits per heavy atom. The van der Waals surface area contributed by atoms with Gasteiger partial charge in [-0.25, -0.2) is 0 Å². The average Bonchev–Trinajstić information content (AvgIpc) is 3.40. The maximum Gasteiger partial charge on any atom is 0.276 e. The van der Waals surface area contributed by atoms with Crippen molar-refractivity contribution in [3.63, 3.8) is 0 Å². The van der Waals surface area contributed by atoms with E-state index in [1.807, 2.05) is 0 Å². The number of amides is 2. The second-order valence-electron chi connectivity index (χ2n) is 7.28. The van der Waals surface area contributed by atoms with Crippen LogP contribution in [-0.4, -0.2) is 54.5 Å². The van der Waals surface area contributed by atoms with Crippen LogP contribution in [0, 0.1) is 0 Å². The summed E-state index contributed by atoms with van der Waals surface area (Å²) >= 11 is 13.2. The summed E-state index contributed by atoms with van der Waals surface area (Å²) in [5.74, 6) is -0.0747. The van der Waals surface area contributed by atoms with Gasteiger partial charge in [0.05, 0.1) is 13.7 Å². The molecule has 3 rings (SSSR count). The van der Waals surface area contributed by atoms with Gasteiger partial charge in [-0.05, 0) is 42.1 Å². The predicted octanol–water partition coefficient (Wildman–Crippen LogP) is 4.35. The number of hydrogen-bond acceptors (Lipinski definition) is 6.